The van der Waals surface area contributed by atoms with Crippen LogP contribution >= 0.6 is 0 Å². The maximum atomic E-state index is 14.0. The molecule has 1 fully saturated rings. The summed E-state index contributed by atoms with van der Waals surface area (Å²) >= 11 is 0. The number of carbonyl (C=O) groups excluding carboxylic acids is 1. The molecule has 0 bridgehead atoms. The molecular weight excluding hydrogens is 558 g/mol. The Morgan fingerprint density at radius 2 is 1.88 bits per heavy atom. The molecule has 0 saturated carbocycles. The Labute approximate surface area is 237 Å². The van der Waals surface area contributed by atoms with E-state index in [1.54, 1.807) is 11.6 Å². The summed E-state index contributed by atoms with van der Waals surface area (Å²) in [7, 11) is 3.15. The summed E-state index contributed by atoms with van der Waals surface area (Å²) in [5, 5.41) is 22.6. The SMILES string of the molecule is COc1cc2c(cc1-c1nnn(C)n1)-c1c(-c3ccc(F)cc3)nc(C(=O)N3CCC[C@@]3(C)[C@H](O)C(F)(F)F)n1CC2. The number of tetrazole rings is 1. The number of aliphatic hydroxyl groups is 1. The molecule has 1 N–H and O–H groups in total. The topological polar surface area (TPSA) is 111 Å². The Kier molecular flexibility index (Phi) is 6.55. The molecule has 0 spiro atoms. The Morgan fingerprint density at radius 1 is 1.14 bits per heavy atom. The van der Waals surface area contributed by atoms with Gasteiger partial charge in [-0.15, -0.1) is 10.2 Å². The predicted molar refractivity (Wildman–Crippen MR) is 142 cm³/mol. The number of methoxy groups -OCH3 is 1. The van der Waals surface area contributed by atoms with Crippen molar-refractivity contribution in [2.24, 2.45) is 7.05 Å². The van der Waals surface area contributed by atoms with Crippen LogP contribution in [-0.4, -0.2) is 77.1 Å². The normalized spacial score (nSPS) is 19.0. The van der Waals surface area contributed by atoms with Crippen molar-refractivity contribution in [1.82, 2.24) is 34.7 Å². The third-order valence-electron chi connectivity index (χ3n) is 8.14. The van der Waals surface area contributed by atoms with E-state index >= 15 is 0 Å². The van der Waals surface area contributed by atoms with Crippen molar-refractivity contribution < 1.29 is 32.2 Å². The van der Waals surface area contributed by atoms with Crippen LogP contribution in [0.1, 0.15) is 35.9 Å². The lowest BCUT2D eigenvalue weighted by atomic mass is 9.91. The second kappa shape index (κ2) is 9.89. The van der Waals surface area contributed by atoms with Crippen molar-refractivity contribution in [1.29, 1.82) is 0 Å². The lowest BCUT2D eigenvalue weighted by molar-refractivity contribution is -0.232. The van der Waals surface area contributed by atoms with E-state index in [9.17, 15) is 27.5 Å². The number of aryl methyl sites for hydroxylation is 2. The van der Waals surface area contributed by atoms with Crippen molar-refractivity contribution in [3.8, 4) is 39.7 Å². The molecule has 1 amide bonds. The molecule has 42 heavy (non-hydrogen) atoms. The smallest absolute Gasteiger partial charge is 0.416 e. The van der Waals surface area contributed by atoms with Gasteiger partial charge in [-0.05, 0) is 73.4 Å². The number of imidazole rings is 1. The summed E-state index contributed by atoms with van der Waals surface area (Å²) in [6, 6.07) is 9.27. The van der Waals surface area contributed by atoms with Gasteiger partial charge in [0.05, 0.1) is 36.6 Å². The van der Waals surface area contributed by atoms with Crippen LogP contribution in [0.25, 0.3) is 33.9 Å². The molecule has 6 rings (SSSR count). The number of fused-ring (bicyclic) bond motifs is 3. The van der Waals surface area contributed by atoms with Gasteiger partial charge in [0.1, 0.15) is 11.6 Å². The average Bonchev–Trinajstić information content (AvgIpc) is 3.68. The first-order valence-electron chi connectivity index (χ1n) is 13.3. The highest BCUT2D eigenvalue weighted by Crippen LogP contribution is 2.44. The van der Waals surface area contributed by atoms with Crippen molar-refractivity contribution in [3.63, 3.8) is 0 Å². The van der Waals surface area contributed by atoms with Crippen LogP contribution in [0.4, 0.5) is 17.6 Å². The van der Waals surface area contributed by atoms with Crippen molar-refractivity contribution >= 4 is 5.91 Å². The van der Waals surface area contributed by atoms with Gasteiger partial charge < -0.3 is 19.3 Å². The maximum absolute atomic E-state index is 14.0. The Morgan fingerprint density at radius 3 is 2.52 bits per heavy atom. The second-order valence-electron chi connectivity index (χ2n) is 10.7. The van der Waals surface area contributed by atoms with Crippen molar-refractivity contribution in [2.75, 3.05) is 13.7 Å². The number of likely N-dealkylation sites (tertiary alicyclic amines) is 1. The van der Waals surface area contributed by atoms with E-state index in [2.05, 4.69) is 20.4 Å². The molecule has 2 aliphatic heterocycles. The summed E-state index contributed by atoms with van der Waals surface area (Å²) < 4.78 is 62.1. The van der Waals surface area contributed by atoms with Crippen LogP contribution in [0.2, 0.25) is 0 Å². The van der Waals surface area contributed by atoms with Crippen molar-refractivity contribution in [3.05, 3.63) is 53.6 Å². The van der Waals surface area contributed by atoms with Gasteiger partial charge in [-0.3, -0.25) is 4.79 Å². The Hall–Kier alpha value is -4.33. The maximum Gasteiger partial charge on any atom is 0.416 e. The van der Waals surface area contributed by atoms with E-state index < -0.39 is 29.5 Å². The molecule has 2 aromatic heterocycles. The van der Waals surface area contributed by atoms with Crippen LogP contribution in [0.15, 0.2) is 36.4 Å². The quantitative estimate of drug-likeness (QED) is 0.352. The summed E-state index contributed by atoms with van der Waals surface area (Å²) in [4.78, 5) is 21.1. The van der Waals surface area contributed by atoms with Crippen molar-refractivity contribution in [2.45, 2.75) is 50.6 Å². The first-order valence-corrected chi connectivity index (χ1v) is 13.3. The molecule has 2 atom stereocenters. The predicted octanol–water partition coefficient (Wildman–Crippen LogP) is 4.03. The van der Waals surface area contributed by atoms with E-state index in [4.69, 9.17) is 4.74 Å². The molecule has 2 aliphatic rings. The molecule has 14 heteroatoms. The number of benzene rings is 2. The number of hydrogen-bond acceptors (Lipinski definition) is 7. The molecule has 0 radical (unpaired) electrons. The first-order chi connectivity index (χ1) is 19.9. The summed E-state index contributed by atoms with van der Waals surface area (Å²) in [6.07, 6.45) is -6.89. The second-order valence-corrected chi connectivity index (χ2v) is 10.7. The lowest BCUT2D eigenvalue weighted by Crippen LogP contribution is -2.58. The largest absolute Gasteiger partial charge is 0.496 e. The number of alkyl halides is 3. The number of halogens is 4. The number of hydrogen-bond donors (Lipinski definition) is 1. The van der Waals surface area contributed by atoms with Gasteiger partial charge in [0.15, 0.2) is 11.9 Å². The number of amides is 1. The number of aromatic nitrogens is 6. The van der Waals surface area contributed by atoms with Gasteiger partial charge in [0, 0.05) is 24.2 Å². The van der Waals surface area contributed by atoms with Crippen LogP contribution in [-0.2, 0) is 20.0 Å². The molecule has 0 aliphatic carbocycles. The minimum absolute atomic E-state index is 0.0189. The third kappa shape index (κ3) is 4.40. The van der Waals surface area contributed by atoms with E-state index in [0.29, 0.717) is 59.0 Å². The number of rotatable bonds is 5. The number of nitrogens with zero attached hydrogens (tertiary/aromatic N) is 7. The number of aliphatic hydroxyl groups excluding tert-OH is 1. The zero-order valence-corrected chi connectivity index (χ0v) is 23.0. The van der Waals surface area contributed by atoms with Gasteiger partial charge >= 0.3 is 6.18 Å². The summed E-state index contributed by atoms with van der Waals surface area (Å²) in [5.41, 5.74) is 1.67. The molecular formula is C28H27F4N7O3. The first kappa shape index (κ1) is 27.8. The van der Waals surface area contributed by atoms with Gasteiger partial charge in [0.2, 0.25) is 5.82 Å². The van der Waals surface area contributed by atoms with E-state index in [0.717, 1.165) is 10.5 Å². The molecule has 10 nitrogen and oxygen atoms in total. The minimum atomic E-state index is -4.91. The number of carbonyl (C=O) groups is 1. The van der Waals surface area contributed by atoms with Gasteiger partial charge in [-0.2, -0.15) is 18.0 Å². The van der Waals surface area contributed by atoms with Crippen LogP contribution in [0, 0.1) is 5.82 Å². The highest BCUT2D eigenvalue weighted by Gasteiger charge is 2.56. The molecule has 1 saturated heterocycles. The van der Waals surface area contributed by atoms with Gasteiger partial charge in [-0.1, -0.05) is 0 Å². The molecule has 2 aromatic carbocycles. The van der Waals surface area contributed by atoms with E-state index in [1.807, 2.05) is 12.1 Å². The fourth-order valence-electron chi connectivity index (χ4n) is 6.01. The summed E-state index contributed by atoms with van der Waals surface area (Å²) in [6.45, 7) is 1.58. The monoisotopic (exact) mass is 585 g/mol. The van der Waals surface area contributed by atoms with Crippen LogP contribution in [0.3, 0.4) is 0 Å². The van der Waals surface area contributed by atoms with E-state index in [-0.39, 0.29) is 18.8 Å². The van der Waals surface area contributed by atoms with Gasteiger partial charge in [0.25, 0.3) is 5.91 Å². The van der Waals surface area contributed by atoms with E-state index in [1.165, 1.54) is 43.1 Å². The molecule has 220 valence electrons. The van der Waals surface area contributed by atoms with Crippen LogP contribution in [0.5, 0.6) is 5.75 Å². The fraction of sp³-hybridized carbons (Fsp3) is 0.393. The minimum Gasteiger partial charge on any atom is -0.496 e. The zero-order valence-electron chi connectivity index (χ0n) is 23.0. The zero-order chi connectivity index (χ0) is 30.0. The Balaban J connectivity index is 1.54. The lowest BCUT2D eigenvalue weighted by Gasteiger charge is -2.39. The molecule has 4 aromatic rings. The highest BCUT2D eigenvalue weighted by atomic mass is 19.4. The molecule has 4 heterocycles. The Bertz CT molecular complexity index is 1680. The third-order valence-corrected chi connectivity index (χ3v) is 8.14. The van der Waals surface area contributed by atoms with Gasteiger partial charge in [-0.25, -0.2) is 9.37 Å². The van der Waals surface area contributed by atoms with Crippen LogP contribution < -0.4 is 4.74 Å². The summed E-state index contributed by atoms with van der Waals surface area (Å²) in [5.74, 6) is -0.419. The number of ether oxygens (including phenoxy) is 1. The fourth-order valence-corrected chi connectivity index (χ4v) is 6.01. The highest BCUT2D eigenvalue weighted by molar-refractivity contribution is 5.96. The molecule has 0 unspecified atom stereocenters. The standard InChI is InChI=1S/C28H27F4N7O3/c1-27(26(41)28(30,31)32)10-4-11-39(27)25(40)24-33-21(15-5-7-17(29)8-6-15)22-18-14-19(23-34-36-37(2)35-23)20(42-3)13-16(18)9-12-38(22)24/h5-8,13-14,26,41H,4,9-12H2,1-3H3/t26-,27-/m0/s1. The average molecular weight is 586 g/mol.